The highest BCUT2D eigenvalue weighted by molar-refractivity contribution is 5.88. The van der Waals surface area contributed by atoms with Crippen molar-refractivity contribution in [2.24, 2.45) is 0 Å². The standard InChI is InChI=1S/C29H33FN2O2/c1-3-4-18-31-29(34)27(19-23-13-6-5-7-14-23)32(21-25-16-9-8-12-22(25)2)28(33)20-24-15-10-11-17-26(24)30/h5-17,27H,3-4,18-21H2,1-2H3,(H,31,34). The molecule has 0 aliphatic rings. The van der Waals surface area contributed by atoms with E-state index in [2.05, 4.69) is 12.2 Å². The van der Waals surface area contributed by atoms with Gasteiger partial charge >= 0.3 is 0 Å². The summed E-state index contributed by atoms with van der Waals surface area (Å²) in [4.78, 5) is 28.6. The van der Waals surface area contributed by atoms with Crippen LogP contribution in [0.5, 0.6) is 0 Å². The summed E-state index contributed by atoms with van der Waals surface area (Å²) in [6.45, 7) is 4.89. The van der Waals surface area contributed by atoms with Gasteiger partial charge in [-0.15, -0.1) is 0 Å². The summed E-state index contributed by atoms with van der Waals surface area (Å²) < 4.78 is 14.4. The van der Waals surface area contributed by atoms with E-state index in [-0.39, 0.29) is 24.8 Å². The normalized spacial score (nSPS) is 11.6. The minimum absolute atomic E-state index is 0.105. The minimum atomic E-state index is -0.710. The summed E-state index contributed by atoms with van der Waals surface area (Å²) in [5, 5.41) is 3.01. The van der Waals surface area contributed by atoms with Gasteiger partial charge in [0.15, 0.2) is 0 Å². The Labute approximate surface area is 201 Å². The molecule has 0 saturated carbocycles. The van der Waals surface area contributed by atoms with Crippen LogP contribution in [0.2, 0.25) is 0 Å². The van der Waals surface area contributed by atoms with E-state index in [4.69, 9.17) is 0 Å². The number of amides is 2. The molecule has 34 heavy (non-hydrogen) atoms. The van der Waals surface area contributed by atoms with Crippen molar-refractivity contribution in [1.82, 2.24) is 10.2 Å². The largest absolute Gasteiger partial charge is 0.354 e. The molecule has 1 N–H and O–H groups in total. The Balaban J connectivity index is 1.96. The second-order valence-electron chi connectivity index (χ2n) is 8.57. The lowest BCUT2D eigenvalue weighted by Crippen LogP contribution is -2.51. The van der Waals surface area contributed by atoms with Crippen molar-refractivity contribution in [3.05, 3.63) is 107 Å². The van der Waals surface area contributed by atoms with E-state index in [0.29, 0.717) is 18.5 Å². The molecule has 0 aliphatic heterocycles. The molecule has 3 aromatic carbocycles. The zero-order valence-corrected chi connectivity index (χ0v) is 20.0. The van der Waals surface area contributed by atoms with E-state index in [1.807, 2.05) is 61.5 Å². The lowest BCUT2D eigenvalue weighted by atomic mass is 10.00. The van der Waals surface area contributed by atoms with Gasteiger partial charge in [-0.25, -0.2) is 4.39 Å². The second-order valence-corrected chi connectivity index (χ2v) is 8.57. The topological polar surface area (TPSA) is 49.4 Å². The molecule has 0 bridgehead atoms. The minimum Gasteiger partial charge on any atom is -0.354 e. The molecule has 0 radical (unpaired) electrons. The molecule has 0 aromatic heterocycles. The summed E-state index contributed by atoms with van der Waals surface area (Å²) in [5.74, 6) is -0.883. The Morgan fingerprint density at radius 1 is 0.912 bits per heavy atom. The third-order valence-corrected chi connectivity index (χ3v) is 6.00. The molecule has 0 spiro atoms. The fourth-order valence-corrected chi connectivity index (χ4v) is 3.94. The first kappa shape index (κ1) is 25.2. The van der Waals surface area contributed by atoms with Crippen LogP contribution in [0.15, 0.2) is 78.9 Å². The summed E-state index contributed by atoms with van der Waals surface area (Å²) >= 11 is 0. The predicted octanol–water partition coefficient (Wildman–Crippen LogP) is 5.23. The fourth-order valence-electron chi connectivity index (χ4n) is 3.94. The van der Waals surface area contributed by atoms with Crippen molar-refractivity contribution in [2.75, 3.05) is 6.54 Å². The number of nitrogens with one attached hydrogen (secondary N) is 1. The second kappa shape index (κ2) is 12.7. The summed E-state index contributed by atoms with van der Waals surface area (Å²) in [7, 11) is 0. The maximum atomic E-state index is 14.4. The number of hydrogen-bond donors (Lipinski definition) is 1. The number of aryl methyl sites for hydroxylation is 1. The molecule has 0 saturated heterocycles. The fraction of sp³-hybridized carbons (Fsp3) is 0.310. The van der Waals surface area contributed by atoms with Gasteiger partial charge < -0.3 is 10.2 Å². The molecule has 0 aliphatic carbocycles. The van der Waals surface area contributed by atoms with Crippen LogP contribution in [0.4, 0.5) is 4.39 Å². The van der Waals surface area contributed by atoms with Crippen LogP contribution in [0, 0.1) is 12.7 Å². The predicted molar refractivity (Wildman–Crippen MR) is 134 cm³/mol. The number of unbranched alkanes of at least 4 members (excludes halogenated alkanes) is 1. The quantitative estimate of drug-likeness (QED) is 0.398. The Morgan fingerprint density at radius 2 is 1.56 bits per heavy atom. The van der Waals surface area contributed by atoms with E-state index in [9.17, 15) is 14.0 Å². The number of benzene rings is 3. The van der Waals surface area contributed by atoms with Crippen LogP contribution in [0.3, 0.4) is 0 Å². The molecular weight excluding hydrogens is 427 g/mol. The summed E-state index contributed by atoms with van der Waals surface area (Å²) in [5.41, 5.74) is 3.29. The van der Waals surface area contributed by atoms with E-state index in [1.165, 1.54) is 6.07 Å². The summed E-state index contributed by atoms with van der Waals surface area (Å²) in [6, 6.07) is 23.1. The van der Waals surface area contributed by atoms with Crippen LogP contribution >= 0.6 is 0 Å². The molecule has 3 aromatic rings. The van der Waals surface area contributed by atoms with E-state index < -0.39 is 11.9 Å². The van der Waals surface area contributed by atoms with Gasteiger partial charge in [-0.1, -0.05) is 86.1 Å². The Bertz CT molecular complexity index is 1080. The Hall–Kier alpha value is -3.47. The van der Waals surface area contributed by atoms with Crippen molar-refractivity contribution >= 4 is 11.8 Å². The average Bonchev–Trinajstić information content (AvgIpc) is 2.84. The van der Waals surface area contributed by atoms with Gasteiger partial charge in [0.25, 0.3) is 0 Å². The number of carbonyl (C=O) groups excluding carboxylic acids is 2. The van der Waals surface area contributed by atoms with Gasteiger partial charge in [0.2, 0.25) is 11.8 Å². The van der Waals surface area contributed by atoms with Crippen LogP contribution in [-0.4, -0.2) is 29.3 Å². The van der Waals surface area contributed by atoms with E-state index in [0.717, 1.165) is 29.5 Å². The van der Waals surface area contributed by atoms with Gasteiger partial charge in [0.1, 0.15) is 11.9 Å². The molecule has 1 atom stereocenters. The maximum absolute atomic E-state index is 14.4. The maximum Gasteiger partial charge on any atom is 0.243 e. The molecule has 4 nitrogen and oxygen atoms in total. The number of carbonyl (C=O) groups is 2. The highest BCUT2D eigenvalue weighted by atomic mass is 19.1. The zero-order valence-electron chi connectivity index (χ0n) is 20.0. The van der Waals surface area contributed by atoms with Crippen molar-refractivity contribution in [3.8, 4) is 0 Å². The highest BCUT2D eigenvalue weighted by Gasteiger charge is 2.30. The number of rotatable bonds is 11. The van der Waals surface area contributed by atoms with Crippen LogP contribution in [-0.2, 0) is 29.0 Å². The Kier molecular flexibility index (Phi) is 9.39. The number of nitrogens with zero attached hydrogens (tertiary/aromatic N) is 1. The number of hydrogen-bond acceptors (Lipinski definition) is 2. The Morgan fingerprint density at radius 3 is 2.24 bits per heavy atom. The van der Waals surface area contributed by atoms with Gasteiger partial charge in [0, 0.05) is 19.5 Å². The lowest BCUT2D eigenvalue weighted by molar-refractivity contribution is -0.140. The average molecular weight is 461 g/mol. The van der Waals surface area contributed by atoms with Crippen molar-refractivity contribution in [1.29, 1.82) is 0 Å². The van der Waals surface area contributed by atoms with Crippen molar-refractivity contribution in [3.63, 3.8) is 0 Å². The molecule has 5 heteroatoms. The van der Waals surface area contributed by atoms with Gasteiger partial charge in [-0.2, -0.15) is 0 Å². The molecule has 2 amide bonds. The summed E-state index contributed by atoms with van der Waals surface area (Å²) in [6.07, 6.45) is 2.10. The van der Waals surface area contributed by atoms with Crippen molar-refractivity contribution in [2.45, 2.75) is 52.1 Å². The molecule has 3 rings (SSSR count). The van der Waals surface area contributed by atoms with E-state index in [1.54, 1.807) is 23.1 Å². The molecule has 1 unspecified atom stereocenters. The smallest absolute Gasteiger partial charge is 0.243 e. The highest BCUT2D eigenvalue weighted by Crippen LogP contribution is 2.19. The van der Waals surface area contributed by atoms with E-state index >= 15 is 0 Å². The van der Waals surface area contributed by atoms with Crippen LogP contribution in [0.25, 0.3) is 0 Å². The van der Waals surface area contributed by atoms with Gasteiger partial charge in [0.05, 0.1) is 6.42 Å². The van der Waals surface area contributed by atoms with Crippen LogP contribution in [0.1, 0.15) is 42.0 Å². The SMILES string of the molecule is CCCCNC(=O)C(Cc1ccccc1)N(Cc1ccccc1C)C(=O)Cc1ccccc1F. The van der Waals surface area contributed by atoms with Crippen molar-refractivity contribution < 1.29 is 14.0 Å². The number of halogens is 1. The molecule has 178 valence electrons. The first-order valence-corrected chi connectivity index (χ1v) is 11.9. The molecule has 0 heterocycles. The third kappa shape index (κ3) is 7.01. The first-order valence-electron chi connectivity index (χ1n) is 11.9. The van der Waals surface area contributed by atoms with Crippen LogP contribution < -0.4 is 5.32 Å². The van der Waals surface area contributed by atoms with Gasteiger partial charge in [-0.05, 0) is 41.7 Å². The third-order valence-electron chi connectivity index (χ3n) is 6.00. The molecule has 0 fully saturated rings. The van der Waals surface area contributed by atoms with Gasteiger partial charge in [-0.3, -0.25) is 9.59 Å². The zero-order chi connectivity index (χ0) is 24.3. The molecular formula is C29H33FN2O2. The monoisotopic (exact) mass is 460 g/mol. The first-order chi connectivity index (χ1) is 16.5. The lowest BCUT2D eigenvalue weighted by Gasteiger charge is -2.32.